The lowest BCUT2D eigenvalue weighted by Gasteiger charge is -2.11. The highest BCUT2D eigenvalue weighted by molar-refractivity contribution is 9.10. The van der Waals surface area contributed by atoms with Gasteiger partial charge in [0.2, 0.25) is 0 Å². The Hall–Kier alpha value is -1.86. The van der Waals surface area contributed by atoms with Crippen LogP contribution in [0.25, 0.3) is 0 Å². The second-order valence-electron chi connectivity index (χ2n) is 4.37. The topological polar surface area (TPSA) is 83.5 Å². The Morgan fingerprint density at radius 2 is 1.86 bits per heavy atom. The van der Waals surface area contributed by atoms with E-state index >= 15 is 0 Å². The number of carbonyl (C=O) groups is 1. The molecule has 2 rings (SSSR count). The fraction of sp³-hybridized carbons (Fsp3) is 0.0714. The van der Waals surface area contributed by atoms with Crippen molar-refractivity contribution in [3.63, 3.8) is 0 Å². The van der Waals surface area contributed by atoms with E-state index in [-0.39, 0.29) is 10.5 Å². The number of hydrogen-bond acceptors (Lipinski definition) is 3. The molecule has 0 amide bonds. The average molecular weight is 370 g/mol. The summed E-state index contributed by atoms with van der Waals surface area (Å²) < 4.78 is 27.4. The summed E-state index contributed by atoms with van der Waals surface area (Å²) in [6, 6.07) is 10.8. The van der Waals surface area contributed by atoms with Crippen molar-refractivity contribution in [3.05, 3.63) is 58.1 Å². The van der Waals surface area contributed by atoms with Gasteiger partial charge in [-0.1, -0.05) is 18.2 Å². The molecule has 0 saturated carbocycles. The molecular weight excluding hydrogens is 358 g/mol. The molecule has 0 bridgehead atoms. The van der Waals surface area contributed by atoms with Gasteiger partial charge in [-0.3, -0.25) is 4.72 Å². The molecule has 21 heavy (non-hydrogen) atoms. The number of para-hydroxylation sites is 1. The third kappa shape index (κ3) is 3.43. The Labute approximate surface area is 130 Å². The Bertz CT molecular complexity index is 802. The molecule has 2 aromatic rings. The first kappa shape index (κ1) is 15.5. The maximum absolute atomic E-state index is 12.3. The van der Waals surface area contributed by atoms with E-state index in [9.17, 15) is 13.2 Å². The molecule has 0 atom stereocenters. The molecule has 7 heteroatoms. The van der Waals surface area contributed by atoms with E-state index in [2.05, 4.69) is 20.7 Å². The van der Waals surface area contributed by atoms with Crippen LogP contribution < -0.4 is 4.72 Å². The van der Waals surface area contributed by atoms with E-state index in [1.165, 1.54) is 12.1 Å². The standard InChI is InChI=1S/C14H12BrNO4S/c1-9-4-2-3-5-13(9)16-21(19,20)10-6-7-12(15)11(8-10)14(17)18/h2-8,16H,1H3,(H,17,18). The van der Waals surface area contributed by atoms with Crippen LogP contribution in [0.5, 0.6) is 0 Å². The van der Waals surface area contributed by atoms with Gasteiger partial charge in [0.1, 0.15) is 0 Å². The summed E-state index contributed by atoms with van der Waals surface area (Å²) in [6.07, 6.45) is 0. The summed E-state index contributed by atoms with van der Waals surface area (Å²) in [5, 5.41) is 9.04. The number of nitrogens with one attached hydrogen (secondary N) is 1. The van der Waals surface area contributed by atoms with Gasteiger partial charge in [-0.05, 0) is 52.7 Å². The lowest BCUT2D eigenvalue weighted by molar-refractivity contribution is 0.0695. The molecule has 0 aliphatic carbocycles. The summed E-state index contributed by atoms with van der Waals surface area (Å²) in [4.78, 5) is 11.0. The second-order valence-corrected chi connectivity index (χ2v) is 6.90. The van der Waals surface area contributed by atoms with E-state index in [4.69, 9.17) is 5.11 Å². The number of halogens is 1. The van der Waals surface area contributed by atoms with Crippen molar-refractivity contribution in [3.8, 4) is 0 Å². The van der Waals surface area contributed by atoms with E-state index in [0.29, 0.717) is 10.2 Å². The highest BCUT2D eigenvalue weighted by Gasteiger charge is 2.18. The maximum atomic E-state index is 12.3. The molecule has 2 aromatic carbocycles. The van der Waals surface area contributed by atoms with Crippen molar-refractivity contribution in [1.82, 2.24) is 0 Å². The number of aromatic carboxylic acids is 1. The lowest BCUT2D eigenvalue weighted by Crippen LogP contribution is -2.14. The van der Waals surface area contributed by atoms with Gasteiger partial charge in [0, 0.05) is 4.47 Å². The highest BCUT2D eigenvalue weighted by atomic mass is 79.9. The zero-order valence-electron chi connectivity index (χ0n) is 11.0. The number of hydrogen-bond donors (Lipinski definition) is 2. The van der Waals surface area contributed by atoms with Crippen molar-refractivity contribution < 1.29 is 18.3 Å². The normalized spacial score (nSPS) is 11.1. The number of sulfonamides is 1. The van der Waals surface area contributed by atoms with Crippen LogP contribution in [0.3, 0.4) is 0 Å². The Balaban J connectivity index is 2.43. The molecule has 110 valence electrons. The molecular formula is C14H12BrNO4S. The molecule has 2 N–H and O–H groups in total. The van der Waals surface area contributed by atoms with Crippen molar-refractivity contribution in [2.45, 2.75) is 11.8 Å². The summed E-state index contributed by atoms with van der Waals surface area (Å²) >= 11 is 3.08. The van der Waals surface area contributed by atoms with Gasteiger partial charge in [0.15, 0.2) is 0 Å². The van der Waals surface area contributed by atoms with E-state index < -0.39 is 16.0 Å². The zero-order chi connectivity index (χ0) is 15.6. The van der Waals surface area contributed by atoms with E-state index in [1.807, 2.05) is 0 Å². The number of aryl methyl sites for hydroxylation is 1. The summed E-state index contributed by atoms with van der Waals surface area (Å²) in [5.41, 5.74) is 1.12. The van der Waals surface area contributed by atoms with Crippen LogP contribution in [0.15, 0.2) is 51.8 Å². The van der Waals surface area contributed by atoms with Crippen LogP contribution in [0.2, 0.25) is 0 Å². The molecule has 5 nitrogen and oxygen atoms in total. The third-order valence-corrected chi connectivity index (χ3v) is 4.92. The number of rotatable bonds is 4. The molecule has 0 fully saturated rings. The van der Waals surface area contributed by atoms with Crippen molar-refractivity contribution in [1.29, 1.82) is 0 Å². The minimum absolute atomic E-state index is 0.105. The van der Waals surface area contributed by atoms with Crippen LogP contribution in [0, 0.1) is 6.92 Å². The largest absolute Gasteiger partial charge is 0.478 e. The molecule has 0 unspecified atom stereocenters. The van der Waals surface area contributed by atoms with E-state index in [1.54, 1.807) is 31.2 Å². The van der Waals surface area contributed by atoms with Crippen LogP contribution in [0.4, 0.5) is 5.69 Å². The van der Waals surface area contributed by atoms with Gasteiger partial charge < -0.3 is 5.11 Å². The number of carboxylic acid groups (broad SMARTS) is 1. The van der Waals surface area contributed by atoms with Crippen molar-refractivity contribution in [2.24, 2.45) is 0 Å². The minimum atomic E-state index is -3.84. The van der Waals surface area contributed by atoms with Crippen LogP contribution in [0.1, 0.15) is 15.9 Å². The predicted molar refractivity (Wildman–Crippen MR) is 83.1 cm³/mol. The molecule has 0 radical (unpaired) electrons. The first-order valence-electron chi connectivity index (χ1n) is 5.92. The highest BCUT2D eigenvalue weighted by Crippen LogP contribution is 2.24. The third-order valence-electron chi connectivity index (χ3n) is 2.87. The fourth-order valence-electron chi connectivity index (χ4n) is 1.73. The lowest BCUT2D eigenvalue weighted by atomic mass is 10.2. The van der Waals surface area contributed by atoms with Gasteiger partial charge >= 0.3 is 5.97 Å². The van der Waals surface area contributed by atoms with E-state index in [0.717, 1.165) is 11.6 Å². The first-order valence-corrected chi connectivity index (χ1v) is 8.20. The van der Waals surface area contributed by atoms with Gasteiger partial charge in [-0.15, -0.1) is 0 Å². The predicted octanol–water partition coefficient (Wildman–Crippen LogP) is 3.26. The zero-order valence-corrected chi connectivity index (χ0v) is 13.4. The van der Waals surface area contributed by atoms with Gasteiger partial charge in [-0.25, -0.2) is 13.2 Å². The maximum Gasteiger partial charge on any atom is 0.336 e. The Morgan fingerprint density at radius 1 is 1.19 bits per heavy atom. The number of anilines is 1. The minimum Gasteiger partial charge on any atom is -0.478 e. The number of carboxylic acids is 1. The van der Waals surface area contributed by atoms with Crippen molar-refractivity contribution >= 4 is 37.6 Å². The second kappa shape index (κ2) is 5.87. The SMILES string of the molecule is Cc1ccccc1NS(=O)(=O)c1ccc(Br)c(C(=O)O)c1. The smallest absolute Gasteiger partial charge is 0.336 e. The number of benzene rings is 2. The quantitative estimate of drug-likeness (QED) is 0.866. The summed E-state index contributed by atoms with van der Waals surface area (Å²) in [5.74, 6) is -1.20. The molecule has 0 spiro atoms. The monoisotopic (exact) mass is 369 g/mol. The van der Waals surface area contributed by atoms with Crippen LogP contribution >= 0.6 is 15.9 Å². The Kier molecular flexibility index (Phi) is 4.34. The molecule has 0 saturated heterocycles. The molecule has 0 heterocycles. The van der Waals surface area contributed by atoms with Crippen LogP contribution in [-0.4, -0.2) is 19.5 Å². The first-order chi connectivity index (χ1) is 9.81. The molecule has 0 aliphatic rings. The van der Waals surface area contributed by atoms with Gasteiger partial charge in [0.05, 0.1) is 16.1 Å². The summed E-state index contributed by atoms with van der Waals surface area (Å²) in [6.45, 7) is 1.78. The molecule has 0 aromatic heterocycles. The summed E-state index contributed by atoms with van der Waals surface area (Å²) in [7, 11) is -3.84. The fourth-order valence-corrected chi connectivity index (χ4v) is 3.30. The molecule has 0 aliphatic heterocycles. The van der Waals surface area contributed by atoms with Gasteiger partial charge in [-0.2, -0.15) is 0 Å². The van der Waals surface area contributed by atoms with Gasteiger partial charge in [0.25, 0.3) is 10.0 Å². The van der Waals surface area contributed by atoms with Crippen molar-refractivity contribution in [2.75, 3.05) is 4.72 Å². The Morgan fingerprint density at radius 3 is 2.48 bits per heavy atom. The average Bonchev–Trinajstić information content (AvgIpc) is 2.41. The van der Waals surface area contributed by atoms with Crippen LogP contribution in [-0.2, 0) is 10.0 Å².